The molecule has 1 saturated carbocycles. The van der Waals surface area contributed by atoms with E-state index in [0.29, 0.717) is 38.3 Å². The van der Waals surface area contributed by atoms with Crippen LogP contribution in [0.4, 0.5) is 0 Å². The van der Waals surface area contributed by atoms with E-state index in [1.54, 1.807) is 0 Å². The van der Waals surface area contributed by atoms with Gasteiger partial charge in [-0.15, -0.1) is 0 Å². The maximum atomic E-state index is 13.9. The smallest absolute Gasteiger partial charge is 0.245 e. The Kier molecular flexibility index (Phi) is 9.15. The van der Waals surface area contributed by atoms with Crippen molar-refractivity contribution in [1.82, 2.24) is 20.9 Å². The highest BCUT2D eigenvalue weighted by Crippen LogP contribution is 2.43. The van der Waals surface area contributed by atoms with Gasteiger partial charge < -0.3 is 20.9 Å². The molecule has 2 heterocycles. The van der Waals surface area contributed by atoms with Crippen molar-refractivity contribution < 1.29 is 19.2 Å². The van der Waals surface area contributed by atoms with Crippen LogP contribution in [0.2, 0.25) is 0 Å². The van der Waals surface area contributed by atoms with Crippen LogP contribution in [-0.2, 0) is 24.6 Å². The van der Waals surface area contributed by atoms with Crippen molar-refractivity contribution in [2.75, 3.05) is 13.1 Å². The minimum Gasteiger partial charge on any atom is -0.344 e. The molecule has 4 atom stereocenters. The standard InChI is InChI=1S/C33H46N4O4/c1-3-22(2)29(32(41)37-19-17-33(18-20-37)16-15-24-11-7-8-12-25(24)33)36-31(40)27(21-23-9-5-4-6-10-23)35-30(39)26-13-14-28(38)34-26/h7-8,11-12,15-16,22-23,26-27,29H,3-6,9-10,13-14,17-21H2,1-2H3,(H,34,38)(H,35,39)(H,36,40)/t22-,26?,27-,29-/m0/s1. The maximum Gasteiger partial charge on any atom is 0.245 e. The number of amides is 4. The van der Waals surface area contributed by atoms with Crippen molar-refractivity contribution in [2.45, 2.75) is 108 Å². The van der Waals surface area contributed by atoms with E-state index in [-0.39, 0.29) is 35.0 Å². The number of hydrogen-bond donors (Lipinski definition) is 3. The monoisotopic (exact) mass is 562 g/mol. The fraction of sp³-hybridized carbons (Fsp3) is 0.636. The minimum absolute atomic E-state index is 0.0203. The van der Waals surface area contributed by atoms with Gasteiger partial charge in [0.25, 0.3) is 0 Å². The predicted molar refractivity (Wildman–Crippen MR) is 159 cm³/mol. The second-order valence-corrected chi connectivity index (χ2v) is 12.7. The summed E-state index contributed by atoms with van der Waals surface area (Å²) in [6, 6.07) is 6.52. The van der Waals surface area contributed by atoms with Gasteiger partial charge in [-0.3, -0.25) is 19.2 Å². The lowest BCUT2D eigenvalue weighted by atomic mass is 9.74. The fourth-order valence-corrected chi connectivity index (χ4v) is 7.20. The molecule has 41 heavy (non-hydrogen) atoms. The molecule has 2 saturated heterocycles. The van der Waals surface area contributed by atoms with Gasteiger partial charge in [-0.05, 0) is 48.6 Å². The Morgan fingerprint density at radius 3 is 2.46 bits per heavy atom. The number of benzene rings is 1. The summed E-state index contributed by atoms with van der Waals surface area (Å²) in [5.41, 5.74) is 2.59. The van der Waals surface area contributed by atoms with E-state index in [9.17, 15) is 19.2 Å². The molecule has 5 rings (SSSR count). The lowest BCUT2D eigenvalue weighted by Crippen LogP contribution is -2.59. The van der Waals surface area contributed by atoms with Gasteiger partial charge in [0.2, 0.25) is 23.6 Å². The molecule has 4 amide bonds. The van der Waals surface area contributed by atoms with E-state index < -0.39 is 18.1 Å². The van der Waals surface area contributed by atoms with Gasteiger partial charge in [-0.25, -0.2) is 0 Å². The van der Waals surface area contributed by atoms with Gasteiger partial charge >= 0.3 is 0 Å². The Morgan fingerprint density at radius 2 is 1.78 bits per heavy atom. The molecule has 8 heteroatoms. The Bertz CT molecular complexity index is 1170. The van der Waals surface area contributed by atoms with Gasteiger partial charge in [-0.1, -0.05) is 88.8 Å². The molecular weight excluding hydrogens is 516 g/mol. The summed E-state index contributed by atoms with van der Waals surface area (Å²) in [4.78, 5) is 54.4. The van der Waals surface area contributed by atoms with Crippen LogP contribution in [0.3, 0.4) is 0 Å². The number of carbonyl (C=O) groups is 4. The molecule has 3 fully saturated rings. The molecule has 0 aromatic heterocycles. The summed E-state index contributed by atoms with van der Waals surface area (Å²) in [6.07, 6.45) is 13.8. The molecule has 1 aromatic carbocycles. The van der Waals surface area contributed by atoms with Crippen LogP contribution in [-0.4, -0.2) is 59.7 Å². The first-order valence-corrected chi connectivity index (χ1v) is 15.8. The summed E-state index contributed by atoms with van der Waals surface area (Å²) < 4.78 is 0. The van der Waals surface area contributed by atoms with Crippen LogP contribution in [0.15, 0.2) is 30.3 Å². The Hall–Kier alpha value is -3.16. The van der Waals surface area contributed by atoms with Gasteiger partial charge in [0.15, 0.2) is 0 Å². The highest BCUT2D eigenvalue weighted by atomic mass is 16.2. The highest BCUT2D eigenvalue weighted by Gasteiger charge is 2.41. The topological polar surface area (TPSA) is 108 Å². The molecule has 8 nitrogen and oxygen atoms in total. The van der Waals surface area contributed by atoms with Crippen molar-refractivity contribution >= 4 is 29.7 Å². The Morgan fingerprint density at radius 1 is 1.05 bits per heavy atom. The predicted octanol–water partition coefficient (Wildman–Crippen LogP) is 3.84. The third kappa shape index (κ3) is 6.52. The van der Waals surface area contributed by atoms with Crippen molar-refractivity contribution in [3.8, 4) is 0 Å². The Balaban J connectivity index is 1.26. The first-order chi connectivity index (χ1) is 19.8. The van der Waals surface area contributed by atoms with Gasteiger partial charge in [0.05, 0.1) is 0 Å². The van der Waals surface area contributed by atoms with Crippen LogP contribution in [0.25, 0.3) is 6.08 Å². The SMILES string of the molecule is CC[C@H](C)[C@H](NC(=O)[C@H](CC1CCCCC1)NC(=O)C1CCC(=O)N1)C(=O)N1CCC2(C=Cc3ccccc32)CC1. The summed E-state index contributed by atoms with van der Waals surface area (Å²) in [6.45, 7) is 5.33. The number of rotatable bonds is 9. The third-order valence-electron chi connectivity index (χ3n) is 10.1. The molecule has 3 N–H and O–H groups in total. The zero-order valence-electron chi connectivity index (χ0n) is 24.6. The summed E-state index contributed by atoms with van der Waals surface area (Å²) in [7, 11) is 0. The van der Waals surface area contributed by atoms with E-state index in [1.807, 2.05) is 18.7 Å². The third-order valence-corrected chi connectivity index (χ3v) is 10.1. The van der Waals surface area contributed by atoms with E-state index in [1.165, 1.54) is 17.5 Å². The quantitative estimate of drug-likeness (QED) is 0.425. The Labute approximate surface area is 244 Å². The first-order valence-electron chi connectivity index (χ1n) is 15.8. The van der Waals surface area contributed by atoms with Crippen LogP contribution < -0.4 is 16.0 Å². The number of likely N-dealkylation sites (tertiary alicyclic amines) is 1. The number of fused-ring (bicyclic) bond motifs is 2. The molecule has 1 unspecified atom stereocenters. The average Bonchev–Trinajstić information content (AvgIpc) is 3.59. The van der Waals surface area contributed by atoms with Crippen molar-refractivity contribution in [3.05, 3.63) is 41.5 Å². The fourth-order valence-electron chi connectivity index (χ4n) is 7.20. The molecule has 0 radical (unpaired) electrons. The molecule has 1 spiro atoms. The van der Waals surface area contributed by atoms with E-state index in [4.69, 9.17) is 0 Å². The largest absolute Gasteiger partial charge is 0.344 e. The zero-order valence-corrected chi connectivity index (χ0v) is 24.6. The van der Waals surface area contributed by atoms with Crippen molar-refractivity contribution in [3.63, 3.8) is 0 Å². The van der Waals surface area contributed by atoms with Crippen molar-refractivity contribution in [1.29, 1.82) is 0 Å². The van der Waals surface area contributed by atoms with Crippen LogP contribution in [0, 0.1) is 11.8 Å². The van der Waals surface area contributed by atoms with Crippen molar-refractivity contribution in [2.24, 2.45) is 11.8 Å². The second kappa shape index (κ2) is 12.8. The number of nitrogens with one attached hydrogen (secondary N) is 3. The number of piperidine rings is 1. The van der Waals surface area contributed by atoms with Gasteiger partial charge in [-0.2, -0.15) is 0 Å². The van der Waals surface area contributed by atoms with E-state index in [0.717, 1.165) is 44.9 Å². The second-order valence-electron chi connectivity index (χ2n) is 12.7. The summed E-state index contributed by atoms with van der Waals surface area (Å²) in [5, 5.41) is 8.75. The van der Waals surface area contributed by atoms with Crippen LogP contribution >= 0.6 is 0 Å². The molecule has 2 aliphatic carbocycles. The van der Waals surface area contributed by atoms with Gasteiger partial charge in [0.1, 0.15) is 18.1 Å². The average molecular weight is 563 g/mol. The molecular formula is C33H46N4O4. The number of allylic oxidation sites excluding steroid dienone is 1. The molecule has 222 valence electrons. The number of carbonyl (C=O) groups excluding carboxylic acids is 4. The number of nitrogens with zero attached hydrogens (tertiary/aromatic N) is 1. The highest BCUT2D eigenvalue weighted by molar-refractivity contribution is 5.95. The lowest BCUT2D eigenvalue weighted by Gasteiger charge is -2.41. The zero-order chi connectivity index (χ0) is 29.0. The first kappa shape index (κ1) is 29.3. The van der Waals surface area contributed by atoms with Crippen LogP contribution in [0.5, 0.6) is 0 Å². The van der Waals surface area contributed by atoms with E-state index in [2.05, 4.69) is 52.4 Å². The molecule has 2 aliphatic heterocycles. The summed E-state index contributed by atoms with van der Waals surface area (Å²) >= 11 is 0. The van der Waals surface area contributed by atoms with Gasteiger partial charge in [0, 0.05) is 24.9 Å². The minimum atomic E-state index is -0.729. The molecule has 4 aliphatic rings. The maximum absolute atomic E-state index is 13.9. The lowest BCUT2D eigenvalue weighted by molar-refractivity contribution is -0.140. The normalized spacial score (nSPS) is 23.9. The molecule has 0 bridgehead atoms. The van der Waals surface area contributed by atoms with Crippen LogP contribution in [0.1, 0.15) is 95.6 Å². The van der Waals surface area contributed by atoms with E-state index >= 15 is 0 Å². The summed E-state index contributed by atoms with van der Waals surface area (Å²) in [5.74, 6) is -0.479. The number of hydrogen-bond acceptors (Lipinski definition) is 4. The molecule has 1 aromatic rings.